The van der Waals surface area contributed by atoms with Gasteiger partial charge in [-0.2, -0.15) is 0 Å². The molecule has 51 heavy (non-hydrogen) atoms. The lowest BCUT2D eigenvalue weighted by atomic mass is 10.1. The summed E-state index contributed by atoms with van der Waals surface area (Å²) in [5.41, 5.74) is 1.21. The Labute approximate surface area is 301 Å². The van der Waals surface area contributed by atoms with Crippen LogP contribution >= 0.6 is 0 Å². The van der Waals surface area contributed by atoms with Crippen LogP contribution in [0.4, 0.5) is 9.59 Å². The van der Waals surface area contributed by atoms with Crippen LogP contribution in [0.25, 0.3) is 0 Å². The largest absolute Gasteiger partial charge is 0.460 e. The van der Waals surface area contributed by atoms with Gasteiger partial charge in [0.1, 0.15) is 24.9 Å². The van der Waals surface area contributed by atoms with Gasteiger partial charge in [-0.15, -0.1) is 0 Å². The molecule has 0 saturated carbocycles. The number of benzene rings is 2. The van der Waals surface area contributed by atoms with Gasteiger partial charge in [-0.05, 0) is 51.2 Å². The van der Waals surface area contributed by atoms with E-state index < -0.39 is 23.8 Å². The fraction of sp³-hybridized carbons (Fsp3) is 0.568. The van der Waals surface area contributed by atoms with E-state index in [0.717, 1.165) is 11.1 Å². The van der Waals surface area contributed by atoms with E-state index in [9.17, 15) is 19.2 Å². The third-order valence-corrected chi connectivity index (χ3v) is 6.76. The van der Waals surface area contributed by atoms with Gasteiger partial charge < -0.3 is 49.1 Å². The fourth-order valence-corrected chi connectivity index (χ4v) is 4.29. The molecule has 3 amide bonds. The molecule has 1 unspecified atom stereocenters. The highest BCUT2D eigenvalue weighted by molar-refractivity contribution is 5.85. The summed E-state index contributed by atoms with van der Waals surface area (Å²) < 4.78 is 37.6. The normalized spacial score (nSPS) is 11.7. The van der Waals surface area contributed by atoms with Crippen molar-refractivity contribution < 1.29 is 52.3 Å². The van der Waals surface area contributed by atoms with Crippen LogP contribution in [0.2, 0.25) is 0 Å². The van der Waals surface area contributed by atoms with Crippen molar-refractivity contribution >= 4 is 24.1 Å². The van der Waals surface area contributed by atoms with Gasteiger partial charge in [-0.3, -0.25) is 9.59 Å². The maximum absolute atomic E-state index is 12.9. The maximum atomic E-state index is 12.9. The molecule has 0 spiro atoms. The van der Waals surface area contributed by atoms with Crippen LogP contribution in [0.15, 0.2) is 60.7 Å². The van der Waals surface area contributed by atoms with Crippen molar-refractivity contribution in [3.8, 4) is 0 Å². The lowest BCUT2D eigenvalue weighted by Crippen LogP contribution is -2.47. The van der Waals surface area contributed by atoms with Crippen LogP contribution in [-0.2, 0) is 56.0 Å². The van der Waals surface area contributed by atoms with Gasteiger partial charge in [0, 0.05) is 13.1 Å². The molecule has 0 fully saturated rings. The van der Waals surface area contributed by atoms with E-state index in [0.29, 0.717) is 65.4 Å². The van der Waals surface area contributed by atoms with Crippen molar-refractivity contribution in [1.82, 2.24) is 16.0 Å². The number of hydrogen-bond acceptors (Lipinski definition) is 11. The molecule has 14 heteroatoms. The number of esters is 1. The summed E-state index contributed by atoms with van der Waals surface area (Å²) in [4.78, 5) is 49.1. The fourth-order valence-electron chi connectivity index (χ4n) is 4.29. The van der Waals surface area contributed by atoms with E-state index in [4.69, 9.17) is 33.2 Å². The number of hydrogen-bond donors (Lipinski definition) is 3. The summed E-state index contributed by atoms with van der Waals surface area (Å²) in [5.74, 6) is -0.663. The molecule has 2 rings (SSSR count). The van der Waals surface area contributed by atoms with Gasteiger partial charge in [0.25, 0.3) is 0 Å². The SMILES string of the molecule is CC(C)(C)OC(=O)CCOCCOCCOCCOCCNC(=O)C(CCCCNC(=O)OCc1ccccc1)NC(=O)OCc1ccccc1. The molecule has 284 valence electrons. The summed E-state index contributed by atoms with van der Waals surface area (Å²) in [6.45, 7) is 9.05. The smallest absolute Gasteiger partial charge is 0.408 e. The second-order valence-corrected chi connectivity index (χ2v) is 12.3. The quantitative estimate of drug-likeness (QED) is 0.0721. The number of amides is 3. The molecule has 2 aromatic carbocycles. The molecule has 0 aromatic heterocycles. The second kappa shape index (κ2) is 26.6. The number of carbonyl (C=O) groups is 4. The van der Waals surface area contributed by atoms with Crippen LogP contribution in [0.5, 0.6) is 0 Å². The molecule has 0 heterocycles. The standard InChI is InChI=1S/C37H55N3O11/c1-37(2,3)51-33(41)17-20-45-22-24-47-26-27-48-25-23-46-21-19-38-34(42)32(40-36(44)50-29-31-14-8-5-9-15-31)16-10-11-18-39-35(43)49-28-30-12-6-4-7-13-30/h4-9,12-15,32H,10-11,16-29H2,1-3H3,(H,38,42)(H,39,43)(H,40,44). The van der Waals surface area contributed by atoms with Crippen molar-refractivity contribution in [3.63, 3.8) is 0 Å². The van der Waals surface area contributed by atoms with Gasteiger partial charge in [0.15, 0.2) is 0 Å². The minimum atomic E-state index is -0.836. The van der Waals surface area contributed by atoms with Crippen molar-refractivity contribution in [1.29, 1.82) is 0 Å². The minimum Gasteiger partial charge on any atom is -0.460 e. The van der Waals surface area contributed by atoms with Gasteiger partial charge in [-0.1, -0.05) is 60.7 Å². The van der Waals surface area contributed by atoms with E-state index in [1.807, 2.05) is 81.4 Å². The van der Waals surface area contributed by atoms with E-state index >= 15 is 0 Å². The Balaban J connectivity index is 1.56. The number of alkyl carbamates (subject to hydrolysis) is 2. The number of unbranched alkanes of at least 4 members (excludes halogenated alkanes) is 1. The molecule has 3 N–H and O–H groups in total. The summed E-state index contributed by atoms with van der Waals surface area (Å²) in [5, 5.41) is 8.14. The summed E-state index contributed by atoms with van der Waals surface area (Å²) >= 11 is 0. The first-order chi connectivity index (χ1) is 24.6. The van der Waals surface area contributed by atoms with Crippen LogP contribution in [0.1, 0.15) is 57.6 Å². The van der Waals surface area contributed by atoms with E-state index in [-0.39, 0.29) is 51.3 Å². The average molecular weight is 718 g/mol. The third-order valence-electron chi connectivity index (χ3n) is 6.76. The molecular formula is C37H55N3O11. The molecule has 1 atom stereocenters. The Morgan fingerprint density at radius 1 is 0.608 bits per heavy atom. The number of ether oxygens (including phenoxy) is 7. The number of nitrogens with one attached hydrogen (secondary N) is 3. The number of rotatable bonds is 26. The molecular weight excluding hydrogens is 662 g/mol. The summed E-state index contributed by atoms with van der Waals surface area (Å²) in [6, 6.07) is 17.8. The third kappa shape index (κ3) is 23.7. The summed E-state index contributed by atoms with van der Waals surface area (Å²) in [7, 11) is 0. The molecule has 0 aliphatic carbocycles. The summed E-state index contributed by atoms with van der Waals surface area (Å²) in [6.07, 6.45) is 0.425. The highest BCUT2D eigenvalue weighted by Gasteiger charge is 2.21. The Kier molecular flexibility index (Phi) is 22.3. The monoisotopic (exact) mass is 717 g/mol. The minimum absolute atomic E-state index is 0.0733. The molecule has 14 nitrogen and oxygen atoms in total. The number of carbonyl (C=O) groups excluding carboxylic acids is 4. The van der Waals surface area contributed by atoms with Gasteiger partial charge in [0.05, 0.1) is 59.3 Å². The molecule has 0 bridgehead atoms. The molecule has 0 aliphatic rings. The first-order valence-electron chi connectivity index (χ1n) is 17.3. The Bertz CT molecular complexity index is 1240. The van der Waals surface area contributed by atoms with E-state index in [1.54, 1.807) is 0 Å². The Hall–Kier alpha value is -4.24. The van der Waals surface area contributed by atoms with Crippen LogP contribution in [0, 0.1) is 0 Å². The first kappa shape index (κ1) is 42.9. The van der Waals surface area contributed by atoms with Gasteiger partial charge in [-0.25, -0.2) is 9.59 Å². The van der Waals surface area contributed by atoms with Crippen LogP contribution in [-0.4, -0.2) is 102 Å². The lowest BCUT2D eigenvalue weighted by Gasteiger charge is -2.19. The molecule has 0 aliphatic heterocycles. The molecule has 2 aromatic rings. The van der Waals surface area contributed by atoms with Crippen LogP contribution in [0.3, 0.4) is 0 Å². The topological polar surface area (TPSA) is 169 Å². The van der Waals surface area contributed by atoms with Crippen molar-refractivity contribution in [2.45, 2.75) is 71.3 Å². The van der Waals surface area contributed by atoms with Gasteiger partial charge in [0.2, 0.25) is 5.91 Å². The average Bonchev–Trinajstić information content (AvgIpc) is 3.10. The lowest BCUT2D eigenvalue weighted by molar-refractivity contribution is -0.156. The zero-order valence-electron chi connectivity index (χ0n) is 30.2. The highest BCUT2D eigenvalue weighted by atomic mass is 16.6. The zero-order valence-corrected chi connectivity index (χ0v) is 30.2. The zero-order chi connectivity index (χ0) is 37.0. The highest BCUT2D eigenvalue weighted by Crippen LogP contribution is 2.08. The molecule has 0 radical (unpaired) electrons. The van der Waals surface area contributed by atoms with Gasteiger partial charge >= 0.3 is 18.2 Å². The van der Waals surface area contributed by atoms with Crippen molar-refractivity contribution in [3.05, 3.63) is 71.8 Å². The maximum Gasteiger partial charge on any atom is 0.408 e. The van der Waals surface area contributed by atoms with E-state index in [1.165, 1.54) is 0 Å². The van der Waals surface area contributed by atoms with Crippen molar-refractivity contribution in [2.24, 2.45) is 0 Å². The molecule has 0 saturated heterocycles. The second-order valence-electron chi connectivity index (χ2n) is 12.3. The Morgan fingerprint density at radius 2 is 1.12 bits per heavy atom. The van der Waals surface area contributed by atoms with Crippen molar-refractivity contribution in [2.75, 3.05) is 65.9 Å². The first-order valence-corrected chi connectivity index (χ1v) is 17.3. The van der Waals surface area contributed by atoms with Crippen LogP contribution < -0.4 is 16.0 Å². The van der Waals surface area contributed by atoms with E-state index in [2.05, 4.69) is 16.0 Å². The Morgan fingerprint density at radius 3 is 1.67 bits per heavy atom. The predicted molar refractivity (Wildman–Crippen MR) is 189 cm³/mol. The predicted octanol–water partition coefficient (Wildman–Crippen LogP) is 4.29.